The van der Waals surface area contributed by atoms with E-state index in [2.05, 4.69) is 15.1 Å². The van der Waals surface area contributed by atoms with Gasteiger partial charge in [0.15, 0.2) is 0 Å². The van der Waals surface area contributed by atoms with Gasteiger partial charge in [0.25, 0.3) is 5.91 Å². The molecule has 5 nitrogen and oxygen atoms in total. The average Bonchev–Trinajstić information content (AvgIpc) is 2.96. The number of aromatic nitrogens is 2. The first kappa shape index (κ1) is 15.3. The van der Waals surface area contributed by atoms with Gasteiger partial charge >= 0.3 is 0 Å². The van der Waals surface area contributed by atoms with Crippen LogP contribution in [0.5, 0.6) is 0 Å². The summed E-state index contributed by atoms with van der Waals surface area (Å²) in [5.41, 5.74) is 1.59. The lowest BCUT2D eigenvalue weighted by molar-refractivity contribution is 0.0623. The molecule has 0 radical (unpaired) electrons. The lowest BCUT2D eigenvalue weighted by atomic mass is 10.2. The molecule has 1 N–H and O–H groups in total. The summed E-state index contributed by atoms with van der Waals surface area (Å²) in [6.45, 7) is 3.90. The Labute approximate surface area is 138 Å². The first-order valence-electron chi connectivity index (χ1n) is 7.08. The summed E-state index contributed by atoms with van der Waals surface area (Å²) in [6.07, 6.45) is 1.45. The maximum atomic E-state index is 12.3. The molecule has 0 aliphatic carbocycles. The van der Waals surface area contributed by atoms with Crippen LogP contribution in [0.3, 0.4) is 0 Å². The lowest BCUT2D eigenvalue weighted by Gasteiger charge is -2.34. The highest BCUT2D eigenvalue weighted by molar-refractivity contribution is 6.33. The number of rotatable bonds is 3. The van der Waals surface area contributed by atoms with E-state index < -0.39 is 0 Å². The highest BCUT2D eigenvalue weighted by Gasteiger charge is 2.24. The standard InChI is InChI=1S/C15H16Cl2N4O/c16-12-3-1-11(2-4-12)10-20-5-7-21(8-6-20)15(22)14-13(17)9-18-19-14/h1-4,9H,5-8,10H2,(H,18,19). The molecular formula is C15H16Cl2N4O. The SMILES string of the molecule is O=C(c1[nH]ncc1Cl)N1CCN(Cc2ccc(Cl)cc2)CC1. The number of hydrogen-bond acceptors (Lipinski definition) is 3. The normalized spacial score (nSPS) is 16.0. The van der Waals surface area contributed by atoms with E-state index in [0.29, 0.717) is 23.8 Å². The van der Waals surface area contributed by atoms with Crippen LogP contribution in [-0.4, -0.2) is 52.1 Å². The molecule has 1 aromatic heterocycles. The van der Waals surface area contributed by atoms with Gasteiger partial charge in [0.05, 0.1) is 11.2 Å². The Kier molecular flexibility index (Phi) is 4.66. The van der Waals surface area contributed by atoms with Crippen LogP contribution in [0.4, 0.5) is 0 Å². The zero-order chi connectivity index (χ0) is 15.5. The summed E-state index contributed by atoms with van der Waals surface area (Å²) in [4.78, 5) is 16.4. The van der Waals surface area contributed by atoms with E-state index in [1.807, 2.05) is 24.3 Å². The molecule has 1 saturated heterocycles. The fraction of sp³-hybridized carbons (Fsp3) is 0.333. The molecule has 1 aliphatic rings. The van der Waals surface area contributed by atoms with E-state index in [1.165, 1.54) is 11.8 Å². The molecule has 0 unspecified atom stereocenters. The third kappa shape index (κ3) is 3.43. The summed E-state index contributed by atoms with van der Waals surface area (Å²) in [7, 11) is 0. The minimum atomic E-state index is -0.0892. The molecule has 2 heterocycles. The summed E-state index contributed by atoms with van der Waals surface area (Å²) in [5.74, 6) is -0.0892. The second-order valence-electron chi connectivity index (χ2n) is 5.29. The molecule has 3 rings (SSSR count). The van der Waals surface area contributed by atoms with Gasteiger partial charge in [-0.15, -0.1) is 0 Å². The molecule has 0 saturated carbocycles. The highest BCUT2D eigenvalue weighted by Crippen LogP contribution is 2.17. The monoisotopic (exact) mass is 338 g/mol. The Hall–Kier alpha value is -1.56. The van der Waals surface area contributed by atoms with Crippen molar-refractivity contribution in [3.63, 3.8) is 0 Å². The van der Waals surface area contributed by atoms with Crippen LogP contribution in [-0.2, 0) is 6.54 Å². The minimum absolute atomic E-state index is 0.0892. The van der Waals surface area contributed by atoms with E-state index in [1.54, 1.807) is 4.90 Å². The molecule has 0 spiro atoms. The van der Waals surface area contributed by atoms with Crippen LogP contribution >= 0.6 is 23.2 Å². The van der Waals surface area contributed by atoms with Crippen molar-refractivity contribution in [3.8, 4) is 0 Å². The number of amides is 1. The first-order valence-corrected chi connectivity index (χ1v) is 7.84. The molecular weight excluding hydrogens is 323 g/mol. The number of H-pyrrole nitrogens is 1. The molecule has 22 heavy (non-hydrogen) atoms. The minimum Gasteiger partial charge on any atom is -0.335 e. The number of piperazine rings is 1. The predicted octanol–water partition coefficient (Wildman–Crippen LogP) is 2.67. The van der Waals surface area contributed by atoms with Gasteiger partial charge in [0, 0.05) is 37.7 Å². The molecule has 1 fully saturated rings. The molecule has 1 aromatic carbocycles. The van der Waals surface area contributed by atoms with Crippen LogP contribution in [0.25, 0.3) is 0 Å². The summed E-state index contributed by atoms with van der Waals surface area (Å²) < 4.78 is 0. The van der Waals surface area contributed by atoms with Crippen LogP contribution in [0.15, 0.2) is 30.5 Å². The molecule has 2 aromatic rings. The Morgan fingerprint density at radius 3 is 2.41 bits per heavy atom. The number of nitrogens with zero attached hydrogens (tertiary/aromatic N) is 3. The maximum Gasteiger partial charge on any atom is 0.273 e. The van der Waals surface area contributed by atoms with Crippen molar-refractivity contribution >= 4 is 29.1 Å². The first-order chi connectivity index (χ1) is 10.6. The molecule has 0 bridgehead atoms. The van der Waals surface area contributed by atoms with Crippen molar-refractivity contribution in [2.75, 3.05) is 26.2 Å². The van der Waals surface area contributed by atoms with Gasteiger partial charge in [-0.3, -0.25) is 14.8 Å². The van der Waals surface area contributed by atoms with Crippen LogP contribution in [0.1, 0.15) is 16.1 Å². The fourth-order valence-electron chi connectivity index (χ4n) is 2.54. The second-order valence-corrected chi connectivity index (χ2v) is 6.13. The molecule has 1 amide bonds. The number of nitrogens with one attached hydrogen (secondary N) is 1. The lowest BCUT2D eigenvalue weighted by Crippen LogP contribution is -2.48. The van der Waals surface area contributed by atoms with Crippen LogP contribution in [0, 0.1) is 0 Å². The third-order valence-electron chi connectivity index (χ3n) is 3.79. The van der Waals surface area contributed by atoms with E-state index in [0.717, 1.165) is 24.7 Å². The summed E-state index contributed by atoms with van der Waals surface area (Å²) in [6, 6.07) is 7.86. The van der Waals surface area contributed by atoms with Crippen LogP contribution < -0.4 is 0 Å². The maximum absolute atomic E-state index is 12.3. The predicted molar refractivity (Wildman–Crippen MR) is 86.2 cm³/mol. The fourth-order valence-corrected chi connectivity index (χ4v) is 2.83. The smallest absolute Gasteiger partial charge is 0.273 e. The van der Waals surface area contributed by atoms with Gasteiger partial charge < -0.3 is 4.90 Å². The van der Waals surface area contributed by atoms with E-state index in [-0.39, 0.29) is 5.91 Å². The largest absolute Gasteiger partial charge is 0.335 e. The number of benzene rings is 1. The molecule has 7 heteroatoms. The number of hydrogen-bond donors (Lipinski definition) is 1. The van der Waals surface area contributed by atoms with Crippen molar-refractivity contribution < 1.29 is 4.79 Å². The van der Waals surface area contributed by atoms with E-state index in [9.17, 15) is 4.79 Å². The summed E-state index contributed by atoms with van der Waals surface area (Å²) >= 11 is 11.8. The number of carbonyl (C=O) groups is 1. The number of halogens is 2. The third-order valence-corrected chi connectivity index (χ3v) is 4.32. The van der Waals surface area contributed by atoms with E-state index in [4.69, 9.17) is 23.2 Å². The average molecular weight is 339 g/mol. The van der Waals surface area contributed by atoms with Crippen molar-refractivity contribution in [2.24, 2.45) is 0 Å². The van der Waals surface area contributed by atoms with Gasteiger partial charge in [-0.05, 0) is 17.7 Å². The Balaban J connectivity index is 1.55. The Morgan fingerprint density at radius 1 is 1.14 bits per heavy atom. The van der Waals surface area contributed by atoms with Crippen molar-refractivity contribution in [1.82, 2.24) is 20.0 Å². The zero-order valence-corrected chi connectivity index (χ0v) is 13.4. The van der Waals surface area contributed by atoms with Gasteiger partial charge in [-0.1, -0.05) is 35.3 Å². The summed E-state index contributed by atoms with van der Waals surface area (Å²) in [5, 5.41) is 7.56. The van der Waals surface area contributed by atoms with Gasteiger partial charge in [-0.25, -0.2) is 0 Å². The van der Waals surface area contributed by atoms with Gasteiger partial charge in [-0.2, -0.15) is 5.10 Å². The van der Waals surface area contributed by atoms with Crippen LogP contribution in [0.2, 0.25) is 10.0 Å². The molecule has 1 aliphatic heterocycles. The Morgan fingerprint density at radius 2 is 1.82 bits per heavy atom. The highest BCUT2D eigenvalue weighted by atomic mass is 35.5. The van der Waals surface area contributed by atoms with E-state index >= 15 is 0 Å². The molecule has 116 valence electrons. The van der Waals surface area contributed by atoms with Crippen molar-refractivity contribution in [3.05, 3.63) is 51.8 Å². The van der Waals surface area contributed by atoms with Crippen molar-refractivity contribution in [1.29, 1.82) is 0 Å². The topological polar surface area (TPSA) is 52.2 Å². The quantitative estimate of drug-likeness (QED) is 0.935. The zero-order valence-electron chi connectivity index (χ0n) is 11.9. The van der Waals surface area contributed by atoms with Crippen molar-refractivity contribution in [2.45, 2.75) is 6.54 Å². The number of aromatic amines is 1. The Bertz CT molecular complexity index is 648. The van der Waals surface area contributed by atoms with Gasteiger partial charge in [0.2, 0.25) is 0 Å². The van der Waals surface area contributed by atoms with Gasteiger partial charge in [0.1, 0.15) is 5.69 Å². The second kappa shape index (κ2) is 6.69. The number of carbonyl (C=O) groups excluding carboxylic acids is 1. The molecule has 0 atom stereocenters.